The number of aromatic nitrogens is 1. The molecular weight excluding hydrogens is 208 g/mol. The average molecular weight is 228 g/mol. The first-order chi connectivity index (χ1) is 8.29. The van der Waals surface area contributed by atoms with Crippen molar-refractivity contribution in [2.24, 2.45) is 11.7 Å². The molecule has 1 atom stereocenters. The van der Waals surface area contributed by atoms with Gasteiger partial charge < -0.3 is 10.7 Å². The molecule has 90 valence electrons. The van der Waals surface area contributed by atoms with Crippen LogP contribution in [0.15, 0.2) is 24.4 Å². The molecule has 2 nitrogen and oxygen atoms in total. The molecule has 1 aliphatic rings. The molecule has 3 rings (SSSR count). The molecule has 17 heavy (non-hydrogen) atoms. The van der Waals surface area contributed by atoms with Crippen molar-refractivity contribution < 1.29 is 0 Å². The first-order valence-electron chi connectivity index (χ1n) is 6.65. The summed E-state index contributed by atoms with van der Waals surface area (Å²) < 4.78 is 0. The molecule has 1 fully saturated rings. The summed E-state index contributed by atoms with van der Waals surface area (Å²) in [5, 5.41) is 1.32. The second-order valence-electron chi connectivity index (χ2n) is 5.19. The van der Waals surface area contributed by atoms with Crippen molar-refractivity contribution in [3.8, 4) is 0 Å². The van der Waals surface area contributed by atoms with Crippen LogP contribution in [0, 0.1) is 5.92 Å². The number of benzene rings is 1. The first-order valence-corrected chi connectivity index (χ1v) is 6.65. The second kappa shape index (κ2) is 4.19. The van der Waals surface area contributed by atoms with E-state index in [1.54, 1.807) is 0 Å². The van der Waals surface area contributed by atoms with E-state index in [0.717, 1.165) is 6.42 Å². The van der Waals surface area contributed by atoms with Crippen LogP contribution in [-0.2, 0) is 6.42 Å². The monoisotopic (exact) mass is 228 g/mol. The topological polar surface area (TPSA) is 41.8 Å². The van der Waals surface area contributed by atoms with Crippen molar-refractivity contribution >= 4 is 10.9 Å². The highest BCUT2D eigenvalue weighted by atomic mass is 14.7. The molecule has 3 N–H and O–H groups in total. The minimum Gasteiger partial charge on any atom is -0.361 e. The fraction of sp³-hybridized carbons (Fsp3) is 0.467. The Kier molecular flexibility index (Phi) is 2.67. The van der Waals surface area contributed by atoms with Crippen molar-refractivity contribution in [1.82, 2.24) is 4.98 Å². The van der Waals surface area contributed by atoms with Gasteiger partial charge in [-0.25, -0.2) is 0 Å². The highest BCUT2D eigenvalue weighted by Crippen LogP contribution is 2.38. The summed E-state index contributed by atoms with van der Waals surface area (Å²) >= 11 is 0. The van der Waals surface area contributed by atoms with E-state index in [0.29, 0.717) is 5.92 Å². The fourth-order valence-electron chi connectivity index (χ4n) is 2.74. The van der Waals surface area contributed by atoms with E-state index in [9.17, 15) is 0 Å². The molecule has 0 saturated heterocycles. The zero-order valence-electron chi connectivity index (χ0n) is 10.4. The van der Waals surface area contributed by atoms with Crippen LogP contribution in [0.4, 0.5) is 0 Å². The van der Waals surface area contributed by atoms with Crippen LogP contribution < -0.4 is 5.73 Å². The zero-order chi connectivity index (χ0) is 11.8. The summed E-state index contributed by atoms with van der Waals surface area (Å²) in [7, 11) is 0. The number of hydrogen-bond acceptors (Lipinski definition) is 1. The molecule has 1 aliphatic carbocycles. The van der Waals surface area contributed by atoms with Gasteiger partial charge in [0.1, 0.15) is 0 Å². The van der Waals surface area contributed by atoms with Gasteiger partial charge in [0.15, 0.2) is 0 Å². The summed E-state index contributed by atoms with van der Waals surface area (Å²) in [5.74, 6) is 0.694. The molecule has 1 heterocycles. The molecule has 2 aromatic rings. The minimum absolute atomic E-state index is 0.213. The molecule has 1 aromatic heterocycles. The Morgan fingerprint density at radius 1 is 1.41 bits per heavy atom. The van der Waals surface area contributed by atoms with Crippen molar-refractivity contribution in [1.29, 1.82) is 0 Å². The normalized spacial score (nSPS) is 18.2. The van der Waals surface area contributed by atoms with Gasteiger partial charge in [0.25, 0.3) is 0 Å². The quantitative estimate of drug-likeness (QED) is 0.829. The summed E-state index contributed by atoms with van der Waals surface area (Å²) in [4.78, 5) is 3.34. The average Bonchev–Trinajstić information content (AvgIpc) is 2.68. The Hall–Kier alpha value is -1.28. The van der Waals surface area contributed by atoms with Gasteiger partial charge in [-0.15, -0.1) is 0 Å². The Bertz CT molecular complexity index is 523. The Morgan fingerprint density at radius 3 is 2.88 bits per heavy atom. The van der Waals surface area contributed by atoms with Gasteiger partial charge in [-0.2, -0.15) is 0 Å². The smallest absolute Gasteiger partial charge is 0.0457 e. The number of aromatic amines is 1. The predicted molar refractivity (Wildman–Crippen MR) is 71.9 cm³/mol. The Morgan fingerprint density at radius 2 is 2.24 bits per heavy atom. The molecule has 0 spiro atoms. The van der Waals surface area contributed by atoms with Crippen LogP contribution >= 0.6 is 0 Å². The lowest BCUT2D eigenvalue weighted by atomic mass is 9.77. The maximum atomic E-state index is 6.38. The van der Waals surface area contributed by atoms with Gasteiger partial charge in [-0.05, 0) is 48.4 Å². The van der Waals surface area contributed by atoms with Gasteiger partial charge >= 0.3 is 0 Å². The van der Waals surface area contributed by atoms with E-state index in [2.05, 4.69) is 36.3 Å². The molecule has 2 heteroatoms. The molecular formula is C15H20N2. The molecule has 0 aliphatic heterocycles. The third-order valence-electron chi connectivity index (χ3n) is 4.20. The molecule has 1 unspecified atom stereocenters. The van der Waals surface area contributed by atoms with Crippen LogP contribution in [0.3, 0.4) is 0 Å². The maximum absolute atomic E-state index is 6.38. The number of nitrogens with one attached hydrogen (secondary N) is 1. The number of hydrogen-bond donors (Lipinski definition) is 2. The van der Waals surface area contributed by atoms with E-state index in [-0.39, 0.29) is 6.04 Å². The van der Waals surface area contributed by atoms with Crippen LogP contribution in [0.2, 0.25) is 0 Å². The lowest BCUT2D eigenvalue weighted by Gasteiger charge is -2.31. The molecule has 0 amide bonds. The molecule has 1 aromatic carbocycles. The number of aryl methyl sites for hydroxylation is 1. The first kappa shape index (κ1) is 10.8. The lowest BCUT2D eigenvalue weighted by Crippen LogP contribution is -2.26. The van der Waals surface area contributed by atoms with Gasteiger partial charge in [0, 0.05) is 23.1 Å². The maximum Gasteiger partial charge on any atom is 0.0457 e. The standard InChI is InChI=1S/C15H20N2/c1-2-10-6-7-14-12(8-10)13(9-17-14)15(16)11-4-3-5-11/h6-9,11,15,17H,2-5,16H2,1H3. The number of H-pyrrole nitrogens is 1. The van der Waals surface area contributed by atoms with Crippen LogP contribution in [0.25, 0.3) is 10.9 Å². The van der Waals surface area contributed by atoms with E-state index in [1.165, 1.54) is 41.3 Å². The largest absolute Gasteiger partial charge is 0.361 e. The number of nitrogens with two attached hydrogens (primary N) is 1. The van der Waals surface area contributed by atoms with Crippen LogP contribution in [0.5, 0.6) is 0 Å². The van der Waals surface area contributed by atoms with Gasteiger partial charge in [-0.1, -0.05) is 19.4 Å². The third-order valence-corrected chi connectivity index (χ3v) is 4.20. The molecule has 1 saturated carbocycles. The SMILES string of the molecule is CCc1ccc2[nH]cc(C(N)C3CCC3)c2c1. The fourth-order valence-corrected chi connectivity index (χ4v) is 2.74. The second-order valence-corrected chi connectivity index (χ2v) is 5.19. The number of fused-ring (bicyclic) bond motifs is 1. The lowest BCUT2D eigenvalue weighted by molar-refractivity contribution is 0.265. The summed E-state index contributed by atoms with van der Waals surface area (Å²) in [6.07, 6.45) is 7.12. The Balaban J connectivity index is 2.02. The van der Waals surface area contributed by atoms with Gasteiger partial charge in [0.05, 0.1) is 0 Å². The van der Waals surface area contributed by atoms with E-state index < -0.39 is 0 Å². The van der Waals surface area contributed by atoms with Crippen molar-refractivity contribution in [2.45, 2.75) is 38.6 Å². The van der Waals surface area contributed by atoms with Crippen molar-refractivity contribution in [3.05, 3.63) is 35.5 Å². The summed E-state index contributed by atoms with van der Waals surface area (Å²) in [6, 6.07) is 6.87. The van der Waals surface area contributed by atoms with E-state index in [1.807, 2.05) is 0 Å². The molecule has 0 bridgehead atoms. The predicted octanol–water partition coefficient (Wildman–Crippen LogP) is 3.53. The van der Waals surface area contributed by atoms with Crippen molar-refractivity contribution in [2.75, 3.05) is 0 Å². The molecule has 0 radical (unpaired) electrons. The number of rotatable bonds is 3. The summed E-state index contributed by atoms with van der Waals surface area (Å²) in [6.45, 7) is 2.19. The van der Waals surface area contributed by atoms with Crippen LogP contribution in [0.1, 0.15) is 43.4 Å². The highest BCUT2D eigenvalue weighted by Gasteiger charge is 2.27. The summed E-state index contributed by atoms with van der Waals surface area (Å²) in [5.41, 5.74) is 10.3. The van der Waals surface area contributed by atoms with Gasteiger partial charge in [0.2, 0.25) is 0 Å². The Labute approximate surface area is 102 Å². The van der Waals surface area contributed by atoms with E-state index >= 15 is 0 Å². The van der Waals surface area contributed by atoms with E-state index in [4.69, 9.17) is 5.73 Å². The third kappa shape index (κ3) is 1.77. The highest BCUT2D eigenvalue weighted by molar-refractivity contribution is 5.84. The van der Waals surface area contributed by atoms with Crippen LogP contribution in [-0.4, -0.2) is 4.98 Å². The van der Waals surface area contributed by atoms with Gasteiger partial charge in [-0.3, -0.25) is 0 Å². The minimum atomic E-state index is 0.213. The van der Waals surface area contributed by atoms with Crippen molar-refractivity contribution in [3.63, 3.8) is 0 Å². The zero-order valence-corrected chi connectivity index (χ0v) is 10.4.